The molecule has 0 unspecified atom stereocenters. The number of fused-ring (bicyclic) bond motifs is 3. The summed E-state index contributed by atoms with van der Waals surface area (Å²) in [5.41, 5.74) is 10.0. The Bertz CT molecular complexity index is 615. The van der Waals surface area contributed by atoms with E-state index in [1.165, 1.54) is 29.5 Å². The van der Waals surface area contributed by atoms with E-state index in [9.17, 15) is 4.79 Å². The smallest absolute Gasteiger partial charge is 0.251 e. The first-order valence-electron chi connectivity index (χ1n) is 6.91. The van der Waals surface area contributed by atoms with E-state index in [4.69, 9.17) is 5.73 Å². The SMILES string of the molecule is NCCNC(=O)c1ccc2[nH]c3c(c2c1)CCCC3. The predicted octanol–water partition coefficient (Wildman–Crippen LogP) is 1.74. The van der Waals surface area contributed by atoms with E-state index in [1.54, 1.807) is 0 Å². The van der Waals surface area contributed by atoms with Gasteiger partial charge >= 0.3 is 0 Å². The Hall–Kier alpha value is -1.81. The minimum atomic E-state index is -0.0434. The average molecular weight is 257 g/mol. The van der Waals surface area contributed by atoms with E-state index < -0.39 is 0 Å². The number of nitrogens with two attached hydrogens (primary N) is 1. The third-order valence-corrected chi connectivity index (χ3v) is 3.79. The number of aromatic nitrogens is 1. The van der Waals surface area contributed by atoms with Crippen LogP contribution in [0.1, 0.15) is 34.5 Å². The van der Waals surface area contributed by atoms with Gasteiger partial charge in [0.2, 0.25) is 0 Å². The molecule has 3 rings (SSSR count). The van der Waals surface area contributed by atoms with Gasteiger partial charge in [-0.15, -0.1) is 0 Å². The molecule has 0 bridgehead atoms. The van der Waals surface area contributed by atoms with Crippen molar-refractivity contribution < 1.29 is 4.79 Å². The molecule has 100 valence electrons. The van der Waals surface area contributed by atoms with Crippen LogP contribution in [0.5, 0.6) is 0 Å². The van der Waals surface area contributed by atoms with Gasteiger partial charge in [-0.3, -0.25) is 4.79 Å². The Kier molecular flexibility index (Phi) is 3.25. The Labute approximate surface area is 112 Å². The van der Waals surface area contributed by atoms with Crippen molar-refractivity contribution in [2.24, 2.45) is 5.73 Å². The summed E-state index contributed by atoms with van der Waals surface area (Å²) < 4.78 is 0. The first-order valence-corrected chi connectivity index (χ1v) is 6.91. The van der Waals surface area contributed by atoms with Crippen LogP contribution in [0.3, 0.4) is 0 Å². The first-order chi connectivity index (χ1) is 9.29. The average Bonchev–Trinajstić information content (AvgIpc) is 2.82. The number of aryl methyl sites for hydroxylation is 2. The quantitative estimate of drug-likeness (QED) is 0.783. The lowest BCUT2D eigenvalue weighted by Gasteiger charge is -2.10. The summed E-state index contributed by atoms with van der Waals surface area (Å²) in [5, 5.41) is 4.02. The van der Waals surface area contributed by atoms with Crippen LogP contribution >= 0.6 is 0 Å². The Morgan fingerprint density at radius 1 is 1.32 bits per heavy atom. The molecule has 19 heavy (non-hydrogen) atoms. The number of benzene rings is 1. The lowest BCUT2D eigenvalue weighted by atomic mass is 9.95. The summed E-state index contributed by atoms with van der Waals surface area (Å²) in [5.74, 6) is -0.0434. The second kappa shape index (κ2) is 5.05. The van der Waals surface area contributed by atoms with E-state index in [1.807, 2.05) is 18.2 Å². The molecule has 0 saturated carbocycles. The highest BCUT2D eigenvalue weighted by atomic mass is 16.1. The van der Waals surface area contributed by atoms with Gasteiger partial charge in [-0.1, -0.05) is 0 Å². The number of rotatable bonds is 3. The Morgan fingerprint density at radius 2 is 2.16 bits per heavy atom. The number of hydrogen-bond acceptors (Lipinski definition) is 2. The highest BCUT2D eigenvalue weighted by Crippen LogP contribution is 2.29. The van der Waals surface area contributed by atoms with Gasteiger partial charge in [-0.05, 0) is 49.4 Å². The molecule has 0 saturated heterocycles. The van der Waals surface area contributed by atoms with Gasteiger partial charge in [0.05, 0.1) is 0 Å². The van der Waals surface area contributed by atoms with E-state index in [0.717, 1.165) is 18.4 Å². The fourth-order valence-electron chi connectivity index (χ4n) is 2.83. The van der Waals surface area contributed by atoms with Gasteiger partial charge < -0.3 is 16.0 Å². The first kappa shape index (κ1) is 12.2. The molecular formula is C15H19N3O. The molecule has 1 aliphatic rings. The maximum Gasteiger partial charge on any atom is 0.251 e. The van der Waals surface area contributed by atoms with E-state index >= 15 is 0 Å². The van der Waals surface area contributed by atoms with Gasteiger partial charge in [-0.25, -0.2) is 0 Å². The van der Waals surface area contributed by atoms with Crippen LogP contribution < -0.4 is 11.1 Å². The number of nitrogens with one attached hydrogen (secondary N) is 2. The van der Waals surface area contributed by atoms with Gasteiger partial charge in [0.15, 0.2) is 0 Å². The molecule has 4 N–H and O–H groups in total. The molecule has 0 spiro atoms. The van der Waals surface area contributed by atoms with Crippen LogP contribution in [0.4, 0.5) is 0 Å². The zero-order valence-electron chi connectivity index (χ0n) is 11.0. The number of hydrogen-bond donors (Lipinski definition) is 3. The van der Waals surface area contributed by atoms with E-state index in [-0.39, 0.29) is 5.91 Å². The van der Waals surface area contributed by atoms with Crippen molar-refractivity contribution >= 4 is 16.8 Å². The summed E-state index contributed by atoms with van der Waals surface area (Å²) >= 11 is 0. The molecule has 4 heteroatoms. The van der Waals surface area contributed by atoms with Crippen molar-refractivity contribution in [1.29, 1.82) is 0 Å². The Morgan fingerprint density at radius 3 is 3.00 bits per heavy atom. The molecule has 1 aromatic heterocycles. The number of carbonyl (C=O) groups excluding carboxylic acids is 1. The highest BCUT2D eigenvalue weighted by molar-refractivity contribution is 5.99. The van der Waals surface area contributed by atoms with Crippen LogP contribution in [0.15, 0.2) is 18.2 Å². The third kappa shape index (κ3) is 2.24. The summed E-state index contributed by atoms with van der Waals surface area (Å²) in [6.45, 7) is 0.982. The van der Waals surface area contributed by atoms with Crippen molar-refractivity contribution in [3.63, 3.8) is 0 Å². The van der Waals surface area contributed by atoms with Crippen LogP contribution in [0.2, 0.25) is 0 Å². The number of H-pyrrole nitrogens is 1. The standard InChI is InChI=1S/C15H19N3O/c16-7-8-17-15(19)10-5-6-14-12(9-10)11-3-1-2-4-13(11)18-14/h5-6,9,18H,1-4,7-8,16H2,(H,17,19). The maximum atomic E-state index is 12.0. The van der Waals surface area contributed by atoms with Crippen molar-refractivity contribution in [2.45, 2.75) is 25.7 Å². The molecule has 1 aliphatic carbocycles. The summed E-state index contributed by atoms with van der Waals surface area (Å²) in [6, 6.07) is 5.88. The normalized spacial score (nSPS) is 14.4. The third-order valence-electron chi connectivity index (χ3n) is 3.79. The van der Waals surface area contributed by atoms with Crippen molar-refractivity contribution in [3.8, 4) is 0 Å². The molecule has 1 heterocycles. The van der Waals surface area contributed by atoms with Crippen LogP contribution in [0.25, 0.3) is 10.9 Å². The second-order valence-corrected chi connectivity index (χ2v) is 5.09. The number of amides is 1. The summed E-state index contributed by atoms with van der Waals surface area (Å²) in [7, 11) is 0. The molecule has 4 nitrogen and oxygen atoms in total. The molecule has 2 aromatic rings. The molecular weight excluding hydrogens is 238 g/mol. The predicted molar refractivity (Wildman–Crippen MR) is 76.3 cm³/mol. The van der Waals surface area contributed by atoms with E-state index in [0.29, 0.717) is 18.7 Å². The van der Waals surface area contributed by atoms with E-state index in [2.05, 4.69) is 10.3 Å². The molecule has 0 radical (unpaired) electrons. The summed E-state index contributed by atoms with van der Waals surface area (Å²) in [6.07, 6.45) is 4.73. The van der Waals surface area contributed by atoms with Crippen molar-refractivity contribution in [2.75, 3.05) is 13.1 Å². The van der Waals surface area contributed by atoms with Crippen molar-refractivity contribution in [1.82, 2.24) is 10.3 Å². The lowest BCUT2D eigenvalue weighted by molar-refractivity contribution is 0.0955. The number of carbonyl (C=O) groups is 1. The van der Waals surface area contributed by atoms with Gasteiger partial charge in [0, 0.05) is 35.2 Å². The van der Waals surface area contributed by atoms with Crippen molar-refractivity contribution in [3.05, 3.63) is 35.0 Å². The van der Waals surface area contributed by atoms with Crippen LogP contribution in [0, 0.1) is 0 Å². The monoisotopic (exact) mass is 257 g/mol. The maximum absolute atomic E-state index is 12.0. The minimum Gasteiger partial charge on any atom is -0.358 e. The molecule has 1 amide bonds. The highest BCUT2D eigenvalue weighted by Gasteiger charge is 2.16. The number of aromatic amines is 1. The molecule has 0 fully saturated rings. The van der Waals surface area contributed by atoms with Gasteiger partial charge in [-0.2, -0.15) is 0 Å². The zero-order valence-corrected chi connectivity index (χ0v) is 11.0. The molecule has 0 atom stereocenters. The van der Waals surface area contributed by atoms with Crippen LogP contribution in [-0.4, -0.2) is 24.0 Å². The molecule has 1 aromatic carbocycles. The van der Waals surface area contributed by atoms with Crippen LogP contribution in [-0.2, 0) is 12.8 Å². The van der Waals surface area contributed by atoms with Gasteiger partial charge in [0.1, 0.15) is 0 Å². The van der Waals surface area contributed by atoms with Gasteiger partial charge in [0.25, 0.3) is 5.91 Å². The fraction of sp³-hybridized carbons (Fsp3) is 0.400. The minimum absolute atomic E-state index is 0.0434. The molecule has 0 aliphatic heterocycles. The largest absolute Gasteiger partial charge is 0.358 e. The topological polar surface area (TPSA) is 70.9 Å². The lowest BCUT2D eigenvalue weighted by Crippen LogP contribution is -2.28. The fourth-order valence-corrected chi connectivity index (χ4v) is 2.83. The Balaban J connectivity index is 1.98. The zero-order chi connectivity index (χ0) is 13.2. The second-order valence-electron chi connectivity index (χ2n) is 5.09. The summed E-state index contributed by atoms with van der Waals surface area (Å²) in [4.78, 5) is 15.4.